The van der Waals surface area contributed by atoms with E-state index in [-0.39, 0.29) is 12.5 Å². The van der Waals surface area contributed by atoms with E-state index in [4.69, 9.17) is 9.26 Å². The van der Waals surface area contributed by atoms with E-state index in [9.17, 15) is 4.79 Å². The molecule has 0 bridgehead atoms. The quantitative estimate of drug-likeness (QED) is 0.784. The van der Waals surface area contributed by atoms with Crippen molar-refractivity contribution >= 4 is 5.91 Å². The molecule has 0 fully saturated rings. The molecule has 0 saturated carbocycles. The molecule has 23 heavy (non-hydrogen) atoms. The van der Waals surface area contributed by atoms with Gasteiger partial charge in [-0.25, -0.2) is 0 Å². The van der Waals surface area contributed by atoms with Crippen molar-refractivity contribution in [3.05, 3.63) is 66.2 Å². The number of amides is 1. The molecular formula is C17H15N3O3. The topological polar surface area (TPSA) is 77.2 Å². The Kier molecular flexibility index (Phi) is 4.33. The normalized spacial score (nSPS) is 10.3. The average Bonchev–Trinajstić information content (AvgIpc) is 3.09. The number of nitrogens with one attached hydrogen (secondary N) is 1. The fraction of sp³-hybridized carbons (Fsp3) is 0.118. The minimum atomic E-state index is -0.192. The zero-order valence-electron chi connectivity index (χ0n) is 12.5. The number of hydrogen-bond donors (Lipinski definition) is 1. The first-order chi connectivity index (χ1) is 11.3. The Bertz CT molecular complexity index is 800. The summed E-state index contributed by atoms with van der Waals surface area (Å²) in [5.41, 5.74) is 2.05. The van der Waals surface area contributed by atoms with Crippen molar-refractivity contribution in [2.75, 3.05) is 7.11 Å². The van der Waals surface area contributed by atoms with Gasteiger partial charge >= 0.3 is 0 Å². The van der Waals surface area contributed by atoms with Gasteiger partial charge in [0.05, 0.1) is 13.7 Å². The van der Waals surface area contributed by atoms with E-state index in [0.29, 0.717) is 22.8 Å². The number of methoxy groups -OCH3 is 1. The predicted octanol–water partition coefficient (Wildman–Crippen LogP) is 2.68. The first kappa shape index (κ1) is 14.8. The lowest BCUT2D eigenvalue weighted by atomic mass is 10.1. The maximum Gasteiger partial charge on any atom is 0.251 e. The highest BCUT2D eigenvalue weighted by atomic mass is 16.5. The van der Waals surface area contributed by atoms with Gasteiger partial charge in [0.25, 0.3) is 5.91 Å². The summed E-state index contributed by atoms with van der Waals surface area (Å²) in [6.45, 7) is 0.253. The van der Waals surface area contributed by atoms with Crippen molar-refractivity contribution in [1.29, 1.82) is 0 Å². The van der Waals surface area contributed by atoms with Crippen molar-refractivity contribution in [2.24, 2.45) is 0 Å². The van der Waals surface area contributed by atoms with Crippen LogP contribution < -0.4 is 10.1 Å². The summed E-state index contributed by atoms with van der Waals surface area (Å²) < 4.78 is 10.6. The molecule has 0 unspecified atom stereocenters. The number of para-hydroxylation sites is 1. The Morgan fingerprint density at radius 3 is 2.78 bits per heavy atom. The van der Waals surface area contributed by atoms with Crippen molar-refractivity contribution in [3.8, 4) is 17.0 Å². The van der Waals surface area contributed by atoms with Crippen molar-refractivity contribution in [1.82, 2.24) is 15.5 Å². The third kappa shape index (κ3) is 3.37. The molecule has 0 atom stereocenters. The molecule has 1 N–H and O–H groups in total. The minimum absolute atomic E-state index is 0.192. The van der Waals surface area contributed by atoms with Gasteiger partial charge < -0.3 is 14.6 Å². The van der Waals surface area contributed by atoms with Gasteiger partial charge in [-0.15, -0.1) is 0 Å². The minimum Gasteiger partial charge on any atom is -0.496 e. The van der Waals surface area contributed by atoms with Crippen LogP contribution in [0.2, 0.25) is 0 Å². The number of carbonyl (C=O) groups is 1. The van der Waals surface area contributed by atoms with Gasteiger partial charge in [0.2, 0.25) is 0 Å². The van der Waals surface area contributed by atoms with Crippen LogP contribution in [-0.4, -0.2) is 23.2 Å². The van der Waals surface area contributed by atoms with Gasteiger partial charge in [0.1, 0.15) is 11.4 Å². The van der Waals surface area contributed by atoms with Crippen molar-refractivity contribution in [2.45, 2.75) is 6.54 Å². The van der Waals surface area contributed by atoms with Gasteiger partial charge in [0.15, 0.2) is 5.76 Å². The van der Waals surface area contributed by atoms with Gasteiger partial charge in [-0.3, -0.25) is 9.78 Å². The standard InChI is InChI=1S/C17H15N3O3/c1-22-16-5-3-2-4-14(16)15-10-13(23-20-15)11-19-17(21)12-6-8-18-9-7-12/h2-10H,11H2,1H3,(H,19,21). The summed E-state index contributed by atoms with van der Waals surface area (Å²) in [6.07, 6.45) is 3.15. The molecule has 0 saturated heterocycles. The van der Waals surface area contributed by atoms with E-state index >= 15 is 0 Å². The fourth-order valence-electron chi connectivity index (χ4n) is 2.15. The summed E-state index contributed by atoms with van der Waals surface area (Å²) in [5, 5.41) is 6.81. The monoisotopic (exact) mass is 309 g/mol. The Balaban J connectivity index is 1.69. The summed E-state index contributed by atoms with van der Waals surface area (Å²) in [4.78, 5) is 15.9. The summed E-state index contributed by atoms with van der Waals surface area (Å²) >= 11 is 0. The lowest BCUT2D eigenvalue weighted by Gasteiger charge is -2.04. The highest BCUT2D eigenvalue weighted by Crippen LogP contribution is 2.28. The molecule has 0 spiro atoms. The van der Waals surface area contributed by atoms with Crippen LogP contribution in [0, 0.1) is 0 Å². The molecule has 1 aromatic carbocycles. The molecule has 6 heteroatoms. The molecule has 2 heterocycles. The van der Waals surface area contributed by atoms with Crippen LogP contribution in [0.25, 0.3) is 11.3 Å². The Hall–Kier alpha value is -3.15. The van der Waals surface area contributed by atoms with Crippen molar-refractivity contribution in [3.63, 3.8) is 0 Å². The number of hydrogen-bond acceptors (Lipinski definition) is 5. The van der Waals surface area contributed by atoms with Crippen LogP contribution in [0.1, 0.15) is 16.1 Å². The first-order valence-electron chi connectivity index (χ1n) is 7.05. The van der Waals surface area contributed by atoms with Gasteiger partial charge in [-0.05, 0) is 24.3 Å². The number of pyridine rings is 1. The summed E-state index contributed by atoms with van der Waals surface area (Å²) in [7, 11) is 1.61. The third-order valence-electron chi connectivity index (χ3n) is 3.31. The van der Waals surface area contributed by atoms with Crippen LogP contribution in [0.15, 0.2) is 59.4 Å². The molecule has 2 aromatic heterocycles. The molecule has 6 nitrogen and oxygen atoms in total. The number of rotatable bonds is 5. The predicted molar refractivity (Wildman–Crippen MR) is 83.9 cm³/mol. The van der Waals surface area contributed by atoms with Crippen molar-refractivity contribution < 1.29 is 14.1 Å². The van der Waals surface area contributed by atoms with E-state index in [1.807, 2.05) is 24.3 Å². The molecule has 3 rings (SSSR count). The number of carbonyl (C=O) groups excluding carboxylic acids is 1. The number of benzene rings is 1. The molecule has 0 aliphatic carbocycles. The lowest BCUT2D eigenvalue weighted by molar-refractivity contribution is 0.0947. The first-order valence-corrected chi connectivity index (χ1v) is 7.05. The van der Waals surface area contributed by atoms with E-state index in [0.717, 1.165) is 5.56 Å². The molecule has 1 amide bonds. The lowest BCUT2D eigenvalue weighted by Crippen LogP contribution is -2.22. The Morgan fingerprint density at radius 1 is 1.22 bits per heavy atom. The van der Waals surface area contributed by atoms with Crippen LogP contribution in [0.3, 0.4) is 0 Å². The molecule has 116 valence electrons. The summed E-state index contributed by atoms with van der Waals surface area (Å²) in [5.74, 6) is 1.09. The second-order valence-electron chi connectivity index (χ2n) is 4.80. The largest absolute Gasteiger partial charge is 0.496 e. The molecular weight excluding hydrogens is 294 g/mol. The molecule has 0 aliphatic rings. The second kappa shape index (κ2) is 6.74. The van der Waals surface area contributed by atoms with Gasteiger partial charge in [0, 0.05) is 29.6 Å². The van der Waals surface area contributed by atoms with Crippen LogP contribution >= 0.6 is 0 Å². The van der Waals surface area contributed by atoms with Gasteiger partial charge in [-0.2, -0.15) is 0 Å². The van der Waals surface area contributed by atoms with E-state index in [1.54, 1.807) is 37.7 Å². The highest BCUT2D eigenvalue weighted by Gasteiger charge is 2.12. The van der Waals surface area contributed by atoms with E-state index in [1.165, 1.54) is 0 Å². The fourth-order valence-corrected chi connectivity index (χ4v) is 2.15. The number of ether oxygens (including phenoxy) is 1. The number of nitrogens with zero attached hydrogens (tertiary/aromatic N) is 2. The van der Waals surface area contributed by atoms with E-state index in [2.05, 4.69) is 15.5 Å². The zero-order chi connectivity index (χ0) is 16.1. The highest BCUT2D eigenvalue weighted by molar-refractivity contribution is 5.93. The third-order valence-corrected chi connectivity index (χ3v) is 3.31. The zero-order valence-corrected chi connectivity index (χ0v) is 12.5. The van der Waals surface area contributed by atoms with Gasteiger partial charge in [-0.1, -0.05) is 17.3 Å². The Labute approximate surface area is 133 Å². The second-order valence-corrected chi connectivity index (χ2v) is 4.80. The molecule has 0 aliphatic heterocycles. The maximum atomic E-state index is 12.0. The van der Waals surface area contributed by atoms with Crippen LogP contribution in [-0.2, 0) is 6.54 Å². The van der Waals surface area contributed by atoms with Crippen LogP contribution in [0.4, 0.5) is 0 Å². The van der Waals surface area contributed by atoms with Crippen LogP contribution in [0.5, 0.6) is 5.75 Å². The number of aromatic nitrogens is 2. The average molecular weight is 309 g/mol. The maximum absolute atomic E-state index is 12.0. The Morgan fingerprint density at radius 2 is 2.00 bits per heavy atom. The van der Waals surface area contributed by atoms with E-state index < -0.39 is 0 Å². The molecule has 0 radical (unpaired) electrons. The smallest absolute Gasteiger partial charge is 0.251 e. The SMILES string of the molecule is COc1ccccc1-c1cc(CNC(=O)c2ccncc2)on1. The summed E-state index contributed by atoms with van der Waals surface area (Å²) in [6, 6.07) is 12.6. The molecule has 3 aromatic rings.